The molecule has 0 spiro atoms. The Bertz CT molecular complexity index is 559. The molecule has 0 atom stereocenters. The summed E-state index contributed by atoms with van der Waals surface area (Å²) in [5.41, 5.74) is 0.683. The first-order chi connectivity index (χ1) is 9.73. The zero-order chi connectivity index (χ0) is 16.0. The molecule has 1 rings (SSSR count). The number of nitriles is 1. The Balaban J connectivity index is 2.49. The van der Waals surface area contributed by atoms with Gasteiger partial charge in [-0.25, -0.2) is 9.18 Å². The second-order valence-corrected chi connectivity index (χ2v) is 5.60. The predicted octanol–water partition coefficient (Wildman–Crippen LogP) is 2.94. The van der Waals surface area contributed by atoms with Gasteiger partial charge >= 0.3 is 6.09 Å². The standard InChI is InChI=1S/C15H20FN3O2/c1-10-12(16)7-11(9-17)8-13(10)18-5-6-19-14(20)21-15(2,3)4/h7-8,18H,5-6H2,1-4H3,(H,19,20). The summed E-state index contributed by atoms with van der Waals surface area (Å²) in [6.07, 6.45) is -0.502. The van der Waals surface area contributed by atoms with Crippen LogP contribution in [-0.2, 0) is 4.74 Å². The second kappa shape index (κ2) is 6.93. The molecule has 0 aliphatic rings. The van der Waals surface area contributed by atoms with Crippen LogP contribution in [-0.4, -0.2) is 24.8 Å². The van der Waals surface area contributed by atoms with Gasteiger partial charge in [0, 0.05) is 24.3 Å². The van der Waals surface area contributed by atoms with Crippen molar-refractivity contribution in [2.75, 3.05) is 18.4 Å². The van der Waals surface area contributed by atoms with E-state index < -0.39 is 17.5 Å². The molecule has 0 saturated carbocycles. The number of amides is 1. The number of halogens is 1. The van der Waals surface area contributed by atoms with E-state index in [1.165, 1.54) is 6.07 Å². The highest BCUT2D eigenvalue weighted by Crippen LogP contribution is 2.20. The van der Waals surface area contributed by atoms with Crippen LogP contribution >= 0.6 is 0 Å². The molecule has 21 heavy (non-hydrogen) atoms. The van der Waals surface area contributed by atoms with Gasteiger partial charge in [-0.05, 0) is 39.8 Å². The molecule has 6 heteroatoms. The summed E-state index contributed by atoms with van der Waals surface area (Å²) >= 11 is 0. The number of nitrogens with zero attached hydrogens (tertiary/aromatic N) is 1. The van der Waals surface area contributed by atoms with Crippen molar-refractivity contribution < 1.29 is 13.9 Å². The fourth-order valence-electron chi connectivity index (χ4n) is 1.60. The third-order valence-corrected chi connectivity index (χ3v) is 2.58. The molecule has 0 heterocycles. The van der Waals surface area contributed by atoms with E-state index in [0.717, 1.165) is 0 Å². The minimum atomic E-state index is -0.543. The molecule has 0 bridgehead atoms. The third kappa shape index (κ3) is 5.69. The SMILES string of the molecule is Cc1c(F)cc(C#N)cc1NCCNC(=O)OC(C)(C)C. The Morgan fingerprint density at radius 3 is 2.62 bits per heavy atom. The largest absolute Gasteiger partial charge is 0.444 e. The van der Waals surface area contributed by atoms with E-state index in [9.17, 15) is 9.18 Å². The van der Waals surface area contributed by atoms with Crippen molar-refractivity contribution in [1.29, 1.82) is 5.26 Å². The summed E-state index contributed by atoms with van der Waals surface area (Å²) in [4.78, 5) is 11.4. The lowest BCUT2D eigenvalue weighted by molar-refractivity contribution is 0.0530. The van der Waals surface area contributed by atoms with Crippen molar-refractivity contribution in [1.82, 2.24) is 5.32 Å². The summed E-state index contributed by atoms with van der Waals surface area (Å²) in [5, 5.41) is 14.4. The molecule has 1 amide bonds. The van der Waals surface area contributed by atoms with Crippen LogP contribution < -0.4 is 10.6 Å². The molecule has 114 valence electrons. The van der Waals surface area contributed by atoms with Crippen LogP contribution in [0.1, 0.15) is 31.9 Å². The number of hydrogen-bond donors (Lipinski definition) is 2. The lowest BCUT2D eigenvalue weighted by Gasteiger charge is -2.19. The van der Waals surface area contributed by atoms with Crippen LogP contribution in [0.25, 0.3) is 0 Å². The average Bonchev–Trinajstić information content (AvgIpc) is 2.37. The Morgan fingerprint density at radius 1 is 1.38 bits per heavy atom. The highest BCUT2D eigenvalue weighted by atomic mass is 19.1. The van der Waals surface area contributed by atoms with Gasteiger partial charge in [-0.3, -0.25) is 0 Å². The lowest BCUT2D eigenvalue weighted by atomic mass is 10.1. The maximum absolute atomic E-state index is 13.6. The summed E-state index contributed by atoms with van der Waals surface area (Å²) < 4.78 is 18.7. The van der Waals surface area contributed by atoms with Gasteiger partial charge in [0.25, 0.3) is 0 Å². The first kappa shape index (κ1) is 16.8. The molecule has 0 radical (unpaired) electrons. The summed E-state index contributed by atoms with van der Waals surface area (Å²) in [6, 6.07) is 4.67. The molecule has 0 aliphatic carbocycles. The number of ether oxygens (including phenoxy) is 1. The molecule has 5 nitrogen and oxygen atoms in total. The van der Waals surface area contributed by atoms with Crippen molar-refractivity contribution in [2.45, 2.75) is 33.3 Å². The normalized spacial score (nSPS) is 10.7. The van der Waals surface area contributed by atoms with Gasteiger partial charge in [0.2, 0.25) is 0 Å². The van der Waals surface area contributed by atoms with Gasteiger partial charge < -0.3 is 15.4 Å². The van der Waals surface area contributed by atoms with E-state index >= 15 is 0 Å². The fourth-order valence-corrected chi connectivity index (χ4v) is 1.60. The zero-order valence-electron chi connectivity index (χ0n) is 12.7. The average molecular weight is 293 g/mol. The van der Waals surface area contributed by atoms with Gasteiger partial charge in [-0.1, -0.05) is 0 Å². The van der Waals surface area contributed by atoms with Crippen LogP contribution in [0.15, 0.2) is 12.1 Å². The summed E-state index contributed by atoms with van der Waals surface area (Å²) in [5.74, 6) is -0.434. The number of alkyl carbamates (subject to hydrolysis) is 1. The first-order valence-electron chi connectivity index (χ1n) is 6.64. The minimum Gasteiger partial charge on any atom is -0.444 e. The monoisotopic (exact) mass is 293 g/mol. The number of anilines is 1. The molecule has 0 aromatic heterocycles. The van der Waals surface area contributed by atoms with Crippen molar-refractivity contribution in [3.8, 4) is 6.07 Å². The van der Waals surface area contributed by atoms with Gasteiger partial charge in [0.1, 0.15) is 11.4 Å². The number of benzene rings is 1. The van der Waals surface area contributed by atoms with E-state index in [-0.39, 0.29) is 5.56 Å². The van der Waals surface area contributed by atoms with Crippen LogP contribution in [0.2, 0.25) is 0 Å². The smallest absolute Gasteiger partial charge is 0.407 e. The maximum Gasteiger partial charge on any atom is 0.407 e. The van der Waals surface area contributed by atoms with Crippen molar-refractivity contribution in [3.63, 3.8) is 0 Å². The van der Waals surface area contributed by atoms with E-state index in [4.69, 9.17) is 10.00 Å². The van der Waals surface area contributed by atoms with Crippen molar-refractivity contribution >= 4 is 11.8 Å². The van der Waals surface area contributed by atoms with Gasteiger partial charge in [0.05, 0.1) is 11.6 Å². The summed E-state index contributed by atoms with van der Waals surface area (Å²) in [7, 11) is 0. The van der Waals surface area contributed by atoms with Crippen molar-refractivity contribution in [3.05, 3.63) is 29.1 Å². The molecule has 2 N–H and O–H groups in total. The third-order valence-electron chi connectivity index (χ3n) is 2.58. The molecule has 0 aliphatic heterocycles. The van der Waals surface area contributed by atoms with E-state index in [1.807, 2.05) is 6.07 Å². The Hall–Kier alpha value is -2.29. The predicted molar refractivity (Wildman–Crippen MR) is 78.6 cm³/mol. The molecular formula is C15H20FN3O2. The highest BCUT2D eigenvalue weighted by Gasteiger charge is 2.15. The highest BCUT2D eigenvalue weighted by molar-refractivity contribution is 5.67. The molecule has 1 aromatic carbocycles. The molecule has 0 unspecified atom stereocenters. The van der Waals surface area contributed by atoms with E-state index in [1.54, 1.807) is 33.8 Å². The zero-order valence-corrected chi connectivity index (χ0v) is 12.7. The van der Waals surface area contributed by atoms with E-state index in [2.05, 4.69) is 10.6 Å². The Kier molecular flexibility index (Phi) is 5.53. The van der Waals surface area contributed by atoms with Crippen LogP contribution in [0, 0.1) is 24.1 Å². The molecular weight excluding hydrogens is 273 g/mol. The number of carbonyl (C=O) groups is 1. The quantitative estimate of drug-likeness (QED) is 0.837. The first-order valence-corrected chi connectivity index (χ1v) is 6.64. The Morgan fingerprint density at radius 2 is 2.05 bits per heavy atom. The van der Waals surface area contributed by atoms with Gasteiger partial charge in [0.15, 0.2) is 0 Å². The molecule has 0 fully saturated rings. The summed E-state index contributed by atoms with van der Waals surface area (Å²) in [6.45, 7) is 7.69. The Labute approximate surface area is 124 Å². The van der Waals surface area contributed by atoms with Crippen molar-refractivity contribution in [2.24, 2.45) is 0 Å². The van der Waals surface area contributed by atoms with Crippen LogP contribution in [0.5, 0.6) is 0 Å². The second-order valence-electron chi connectivity index (χ2n) is 5.60. The minimum absolute atomic E-state index is 0.251. The number of nitrogens with one attached hydrogen (secondary N) is 2. The van der Waals surface area contributed by atoms with Crippen LogP contribution in [0.3, 0.4) is 0 Å². The molecule has 0 saturated heterocycles. The van der Waals surface area contributed by atoms with E-state index in [0.29, 0.717) is 24.3 Å². The fraction of sp³-hybridized carbons (Fsp3) is 0.467. The topological polar surface area (TPSA) is 74.2 Å². The number of hydrogen-bond acceptors (Lipinski definition) is 4. The lowest BCUT2D eigenvalue weighted by Crippen LogP contribution is -2.35. The van der Waals surface area contributed by atoms with Gasteiger partial charge in [-0.15, -0.1) is 0 Å². The number of rotatable bonds is 4. The maximum atomic E-state index is 13.6. The van der Waals surface area contributed by atoms with Crippen LogP contribution in [0.4, 0.5) is 14.9 Å². The van der Waals surface area contributed by atoms with Gasteiger partial charge in [-0.2, -0.15) is 5.26 Å². The number of carbonyl (C=O) groups excluding carboxylic acids is 1. The molecule has 1 aromatic rings.